The highest BCUT2D eigenvalue weighted by molar-refractivity contribution is 4.98. The Morgan fingerprint density at radius 1 is 1.36 bits per heavy atom. The van der Waals surface area contributed by atoms with Gasteiger partial charge < -0.3 is 4.74 Å². The van der Waals surface area contributed by atoms with Crippen molar-refractivity contribution < 1.29 is 4.74 Å². The van der Waals surface area contributed by atoms with Gasteiger partial charge in [0.05, 0.1) is 18.6 Å². The van der Waals surface area contributed by atoms with Crippen LogP contribution < -0.4 is 0 Å². The lowest BCUT2D eigenvalue weighted by atomic mass is 10.0. The first-order valence-electron chi connectivity index (χ1n) is 5.52. The summed E-state index contributed by atoms with van der Waals surface area (Å²) < 4.78 is 5.38. The second-order valence-corrected chi connectivity index (χ2v) is 4.42. The molecule has 2 rings (SSSR count). The fourth-order valence-electron chi connectivity index (χ4n) is 2.69. The molecule has 78 valence electrons. The summed E-state index contributed by atoms with van der Waals surface area (Å²) in [6.07, 6.45) is 4.61. The summed E-state index contributed by atoms with van der Waals surface area (Å²) in [6, 6.07) is 3.46. The lowest BCUT2D eigenvalue weighted by molar-refractivity contribution is 0.124. The van der Waals surface area contributed by atoms with E-state index in [1.807, 2.05) is 0 Å². The van der Waals surface area contributed by atoms with E-state index in [1.54, 1.807) is 0 Å². The first-order chi connectivity index (χ1) is 6.83. The van der Waals surface area contributed by atoms with Crippen LogP contribution in [-0.2, 0) is 4.74 Å². The highest BCUT2D eigenvalue weighted by Gasteiger charge is 2.34. The Bertz CT molecular complexity index is 230. The summed E-state index contributed by atoms with van der Waals surface area (Å²) >= 11 is 0. The maximum atomic E-state index is 9.02. The van der Waals surface area contributed by atoms with Gasteiger partial charge in [0.2, 0.25) is 0 Å². The molecule has 1 heterocycles. The van der Waals surface area contributed by atoms with Crippen LogP contribution in [0, 0.1) is 17.2 Å². The van der Waals surface area contributed by atoms with Crippen molar-refractivity contribution in [2.75, 3.05) is 20.3 Å². The van der Waals surface area contributed by atoms with Crippen LogP contribution >= 0.6 is 0 Å². The lowest BCUT2D eigenvalue weighted by Gasteiger charge is -2.31. The van der Waals surface area contributed by atoms with E-state index >= 15 is 0 Å². The Hall–Kier alpha value is -0.590. The number of hydrogen-bond acceptors (Lipinski definition) is 3. The summed E-state index contributed by atoms with van der Waals surface area (Å²) in [5.74, 6) is 0.251. The maximum absolute atomic E-state index is 9.02. The molecule has 2 aliphatic rings. The predicted molar refractivity (Wildman–Crippen MR) is 53.7 cm³/mol. The van der Waals surface area contributed by atoms with Gasteiger partial charge in [-0.25, -0.2) is 0 Å². The van der Waals surface area contributed by atoms with E-state index in [1.165, 1.54) is 12.8 Å². The molecule has 0 aromatic rings. The van der Waals surface area contributed by atoms with Crippen molar-refractivity contribution in [3.05, 3.63) is 0 Å². The minimum absolute atomic E-state index is 0.251. The van der Waals surface area contributed by atoms with Crippen molar-refractivity contribution in [3.63, 3.8) is 0 Å². The van der Waals surface area contributed by atoms with Crippen LogP contribution in [0.1, 0.15) is 25.7 Å². The molecule has 3 unspecified atom stereocenters. The van der Waals surface area contributed by atoms with E-state index in [0.717, 1.165) is 26.1 Å². The molecule has 3 atom stereocenters. The molecule has 0 radical (unpaired) electrons. The fraction of sp³-hybridized carbons (Fsp3) is 0.909. The van der Waals surface area contributed by atoms with E-state index in [2.05, 4.69) is 18.0 Å². The average Bonchev–Trinajstić information content (AvgIpc) is 2.87. The van der Waals surface area contributed by atoms with Crippen LogP contribution in [0.2, 0.25) is 0 Å². The molecule has 1 aliphatic carbocycles. The molecule has 1 aliphatic heterocycles. The Morgan fingerprint density at radius 3 is 2.86 bits per heavy atom. The Morgan fingerprint density at radius 2 is 2.21 bits per heavy atom. The monoisotopic (exact) mass is 194 g/mol. The third kappa shape index (κ3) is 1.77. The van der Waals surface area contributed by atoms with Crippen molar-refractivity contribution in [2.24, 2.45) is 5.92 Å². The predicted octanol–water partition coefficient (Wildman–Crippen LogP) is 1.40. The first-order valence-corrected chi connectivity index (χ1v) is 5.52. The number of rotatable bonds is 2. The van der Waals surface area contributed by atoms with Crippen LogP contribution in [0.25, 0.3) is 0 Å². The van der Waals surface area contributed by atoms with Gasteiger partial charge in [0, 0.05) is 18.7 Å². The SMILES string of the molecule is CN(C1CCOC1)C1CCCC1C#N. The molecular formula is C11H18N2O. The van der Waals surface area contributed by atoms with Gasteiger partial charge in [-0.1, -0.05) is 6.42 Å². The average molecular weight is 194 g/mol. The van der Waals surface area contributed by atoms with Crippen LogP contribution in [0.5, 0.6) is 0 Å². The standard InChI is InChI=1S/C11H18N2O/c1-13(10-5-6-14-8-10)11-4-2-3-9(11)7-12/h9-11H,2-6,8H2,1H3. The zero-order chi connectivity index (χ0) is 9.97. The number of likely N-dealkylation sites (N-methyl/N-ethyl adjacent to an activating group) is 1. The van der Waals surface area contributed by atoms with E-state index < -0.39 is 0 Å². The molecule has 0 amide bonds. The van der Waals surface area contributed by atoms with Crippen LogP contribution in [0.15, 0.2) is 0 Å². The Labute approximate surface area is 85.6 Å². The molecule has 3 heteroatoms. The molecule has 1 saturated carbocycles. The summed E-state index contributed by atoms with van der Waals surface area (Å²) in [5.41, 5.74) is 0. The second kappa shape index (κ2) is 4.29. The third-order valence-electron chi connectivity index (χ3n) is 3.65. The van der Waals surface area contributed by atoms with E-state index in [4.69, 9.17) is 10.00 Å². The van der Waals surface area contributed by atoms with Gasteiger partial charge in [0.15, 0.2) is 0 Å². The molecule has 0 aromatic heterocycles. The normalized spacial score (nSPS) is 37.6. The number of hydrogen-bond donors (Lipinski definition) is 0. The molecular weight excluding hydrogens is 176 g/mol. The molecule has 2 fully saturated rings. The van der Waals surface area contributed by atoms with Gasteiger partial charge in [0.25, 0.3) is 0 Å². The van der Waals surface area contributed by atoms with E-state index in [0.29, 0.717) is 12.1 Å². The number of nitriles is 1. The molecule has 1 saturated heterocycles. The Balaban J connectivity index is 1.96. The van der Waals surface area contributed by atoms with Crippen molar-refractivity contribution >= 4 is 0 Å². The molecule has 3 nitrogen and oxygen atoms in total. The minimum Gasteiger partial charge on any atom is -0.380 e. The molecule has 14 heavy (non-hydrogen) atoms. The van der Waals surface area contributed by atoms with E-state index in [9.17, 15) is 0 Å². The zero-order valence-corrected chi connectivity index (χ0v) is 8.78. The van der Waals surface area contributed by atoms with Crippen molar-refractivity contribution in [2.45, 2.75) is 37.8 Å². The van der Waals surface area contributed by atoms with Gasteiger partial charge in [-0.2, -0.15) is 5.26 Å². The van der Waals surface area contributed by atoms with Gasteiger partial charge in [-0.3, -0.25) is 4.90 Å². The third-order valence-corrected chi connectivity index (χ3v) is 3.65. The van der Waals surface area contributed by atoms with Crippen molar-refractivity contribution in [3.8, 4) is 6.07 Å². The van der Waals surface area contributed by atoms with Gasteiger partial charge in [-0.05, 0) is 26.3 Å². The summed E-state index contributed by atoms with van der Waals surface area (Å²) in [7, 11) is 2.15. The molecule has 0 spiro atoms. The topological polar surface area (TPSA) is 36.3 Å². The quantitative estimate of drug-likeness (QED) is 0.666. The fourth-order valence-corrected chi connectivity index (χ4v) is 2.69. The minimum atomic E-state index is 0.251. The summed E-state index contributed by atoms with van der Waals surface area (Å²) in [5, 5.41) is 9.02. The number of nitrogens with zero attached hydrogens (tertiary/aromatic N) is 2. The summed E-state index contributed by atoms with van der Waals surface area (Å²) in [4.78, 5) is 2.38. The van der Waals surface area contributed by atoms with Crippen LogP contribution in [0.4, 0.5) is 0 Å². The second-order valence-electron chi connectivity index (χ2n) is 4.42. The van der Waals surface area contributed by atoms with Crippen LogP contribution in [0.3, 0.4) is 0 Å². The van der Waals surface area contributed by atoms with Crippen molar-refractivity contribution in [1.82, 2.24) is 4.90 Å². The van der Waals surface area contributed by atoms with Crippen molar-refractivity contribution in [1.29, 1.82) is 5.26 Å². The zero-order valence-electron chi connectivity index (χ0n) is 8.78. The first kappa shape index (κ1) is 9.95. The number of ether oxygens (including phenoxy) is 1. The summed E-state index contributed by atoms with van der Waals surface area (Å²) in [6.45, 7) is 1.74. The lowest BCUT2D eigenvalue weighted by Crippen LogP contribution is -2.42. The van der Waals surface area contributed by atoms with Crippen LogP contribution in [-0.4, -0.2) is 37.2 Å². The molecule has 0 aromatic carbocycles. The maximum Gasteiger partial charge on any atom is 0.0672 e. The van der Waals surface area contributed by atoms with E-state index in [-0.39, 0.29) is 5.92 Å². The Kier molecular flexibility index (Phi) is 3.05. The van der Waals surface area contributed by atoms with Gasteiger partial charge in [0.1, 0.15) is 0 Å². The smallest absolute Gasteiger partial charge is 0.0672 e. The largest absolute Gasteiger partial charge is 0.380 e. The van der Waals surface area contributed by atoms with Gasteiger partial charge in [-0.15, -0.1) is 0 Å². The highest BCUT2D eigenvalue weighted by atomic mass is 16.5. The van der Waals surface area contributed by atoms with Gasteiger partial charge >= 0.3 is 0 Å². The highest BCUT2D eigenvalue weighted by Crippen LogP contribution is 2.31. The molecule has 0 bridgehead atoms. The molecule has 0 N–H and O–H groups in total.